The lowest BCUT2D eigenvalue weighted by molar-refractivity contribution is -0.384. The Balaban J connectivity index is 1.56. The molecule has 0 atom stereocenters. The molecule has 0 bridgehead atoms. The summed E-state index contributed by atoms with van der Waals surface area (Å²) >= 11 is 1.30. The van der Waals surface area contributed by atoms with Gasteiger partial charge in [-0.15, -0.1) is 10.2 Å². The summed E-state index contributed by atoms with van der Waals surface area (Å²) in [6.07, 6.45) is 0. The minimum absolute atomic E-state index is 0.0551. The number of nitro benzene ring substituents is 1. The van der Waals surface area contributed by atoms with E-state index in [-0.39, 0.29) is 12.3 Å². The summed E-state index contributed by atoms with van der Waals surface area (Å²) in [5.74, 6) is 2.01. The molecule has 0 saturated heterocycles. The van der Waals surface area contributed by atoms with Crippen molar-refractivity contribution >= 4 is 17.4 Å². The van der Waals surface area contributed by atoms with Crippen LogP contribution in [0.5, 0.6) is 11.5 Å². The summed E-state index contributed by atoms with van der Waals surface area (Å²) in [4.78, 5) is 10.4. The Morgan fingerprint density at radius 1 is 1.15 bits per heavy atom. The third-order valence-corrected chi connectivity index (χ3v) is 4.24. The molecule has 0 aliphatic rings. The Labute approximate surface area is 153 Å². The van der Waals surface area contributed by atoms with Crippen molar-refractivity contribution in [1.82, 2.24) is 10.2 Å². The largest absolute Gasteiger partial charge is 0.493 e. The maximum Gasteiger partial charge on any atom is 0.277 e. The fourth-order valence-corrected chi connectivity index (χ4v) is 2.86. The minimum atomic E-state index is -0.422. The smallest absolute Gasteiger partial charge is 0.277 e. The number of thioether (sulfide) groups is 1. The second-order valence-corrected chi connectivity index (χ2v) is 6.04. The monoisotopic (exact) mass is 373 g/mol. The van der Waals surface area contributed by atoms with Crippen LogP contribution in [0.15, 0.2) is 58.2 Å². The van der Waals surface area contributed by atoms with E-state index in [1.807, 2.05) is 18.2 Å². The number of ether oxygens (including phenoxy) is 2. The number of aromatic nitrogens is 2. The molecule has 3 rings (SSSR count). The highest BCUT2D eigenvalue weighted by molar-refractivity contribution is 7.98. The zero-order valence-corrected chi connectivity index (χ0v) is 14.6. The van der Waals surface area contributed by atoms with Crippen molar-refractivity contribution in [3.63, 3.8) is 0 Å². The molecule has 134 valence electrons. The number of nitrogens with zero attached hydrogens (tertiary/aromatic N) is 3. The van der Waals surface area contributed by atoms with Gasteiger partial charge in [-0.3, -0.25) is 10.1 Å². The number of methoxy groups -OCH3 is 1. The van der Waals surface area contributed by atoms with Crippen molar-refractivity contribution in [2.24, 2.45) is 0 Å². The molecule has 0 unspecified atom stereocenters. The van der Waals surface area contributed by atoms with Gasteiger partial charge in [-0.1, -0.05) is 36.0 Å². The minimum Gasteiger partial charge on any atom is -0.493 e. The summed E-state index contributed by atoms with van der Waals surface area (Å²) < 4.78 is 16.4. The molecule has 0 fully saturated rings. The Hall–Kier alpha value is -3.07. The summed E-state index contributed by atoms with van der Waals surface area (Å²) in [7, 11) is 1.57. The molecule has 0 radical (unpaired) electrons. The number of hydrogen-bond donors (Lipinski definition) is 0. The van der Waals surface area contributed by atoms with Crippen molar-refractivity contribution in [1.29, 1.82) is 0 Å². The first-order valence-corrected chi connectivity index (χ1v) is 8.58. The van der Waals surface area contributed by atoms with Gasteiger partial charge in [-0.05, 0) is 17.7 Å². The Morgan fingerprint density at radius 2 is 1.96 bits per heavy atom. The zero-order chi connectivity index (χ0) is 18.4. The average molecular weight is 373 g/mol. The Kier molecular flexibility index (Phi) is 5.69. The molecule has 0 N–H and O–H groups in total. The van der Waals surface area contributed by atoms with Crippen LogP contribution in [0.4, 0.5) is 5.69 Å². The standard InChI is InChI=1S/C17H15N3O5S/c1-23-14-7-2-3-8-15(14)24-10-16-18-19-17(25-16)26-11-12-5-4-6-13(9-12)20(21)22/h2-9H,10-11H2,1H3. The van der Waals surface area contributed by atoms with Gasteiger partial charge in [0, 0.05) is 17.9 Å². The molecule has 3 aromatic rings. The van der Waals surface area contributed by atoms with Crippen LogP contribution in [0.25, 0.3) is 0 Å². The lowest BCUT2D eigenvalue weighted by Gasteiger charge is -2.07. The summed E-state index contributed by atoms with van der Waals surface area (Å²) in [6.45, 7) is 0.116. The first kappa shape index (κ1) is 17.7. The number of rotatable bonds is 8. The van der Waals surface area contributed by atoms with Gasteiger partial charge in [0.1, 0.15) is 0 Å². The predicted molar refractivity (Wildman–Crippen MR) is 94.3 cm³/mol. The van der Waals surface area contributed by atoms with Crippen LogP contribution in [-0.2, 0) is 12.4 Å². The fraction of sp³-hybridized carbons (Fsp3) is 0.176. The topological polar surface area (TPSA) is 101 Å². The lowest BCUT2D eigenvalue weighted by atomic mass is 10.2. The predicted octanol–water partition coefficient (Wildman–Crippen LogP) is 3.86. The van der Waals surface area contributed by atoms with Crippen molar-refractivity contribution < 1.29 is 18.8 Å². The first-order valence-electron chi connectivity index (χ1n) is 7.60. The maximum atomic E-state index is 10.8. The number of para-hydroxylation sites is 2. The highest BCUT2D eigenvalue weighted by Crippen LogP contribution is 2.27. The molecule has 0 saturated carbocycles. The normalized spacial score (nSPS) is 10.5. The van der Waals surface area contributed by atoms with Crippen LogP contribution in [0.3, 0.4) is 0 Å². The van der Waals surface area contributed by atoms with Gasteiger partial charge in [-0.25, -0.2) is 0 Å². The molecule has 8 nitrogen and oxygen atoms in total. The number of benzene rings is 2. The second kappa shape index (κ2) is 8.34. The summed E-state index contributed by atoms with van der Waals surface area (Å²) in [5, 5.41) is 19.0. The van der Waals surface area contributed by atoms with Crippen molar-refractivity contribution in [2.45, 2.75) is 17.6 Å². The lowest BCUT2D eigenvalue weighted by Crippen LogP contribution is -1.97. The van der Waals surface area contributed by atoms with Crippen molar-refractivity contribution in [3.05, 3.63) is 70.1 Å². The van der Waals surface area contributed by atoms with Crippen molar-refractivity contribution in [2.75, 3.05) is 7.11 Å². The van der Waals surface area contributed by atoms with Crippen LogP contribution < -0.4 is 9.47 Å². The molecule has 1 heterocycles. The SMILES string of the molecule is COc1ccccc1OCc1nnc(SCc2cccc([N+](=O)[O-])c2)o1. The van der Waals surface area contributed by atoms with Crippen LogP contribution in [0.1, 0.15) is 11.5 Å². The van der Waals surface area contributed by atoms with E-state index < -0.39 is 4.92 Å². The van der Waals surface area contributed by atoms with E-state index in [1.165, 1.54) is 23.9 Å². The molecular formula is C17H15N3O5S. The van der Waals surface area contributed by atoms with Gasteiger partial charge in [0.05, 0.1) is 12.0 Å². The van der Waals surface area contributed by atoms with Gasteiger partial charge < -0.3 is 13.9 Å². The van der Waals surface area contributed by atoms with Gasteiger partial charge in [0.25, 0.3) is 16.8 Å². The molecule has 2 aromatic carbocycles. The van der Waals surface area contributed by atoms with E-state index in [2.05, 4.69) is 10.2 Å². The highest BCUT2D eigenvalue weighted by atomic mass is 32.2. The molecule has 1 aromatic heterocycles. The highest BCUT2D eigenvalue weighted by Gasteiger charge is 2.11. The molecule has 9 heteroatoms. The van der Waals surface area contributed by atoms with Gasteiger partial charge >= 0.3 is 0 Å². The third kappa shape index (κ3) is 4.51. The number of nitro groups is 1. The van der Waals surface area contributed by atoms with E-state index in [4.69, 9.17) is 13.9 Å². The van der Waals surface area contributed by atoms with Crippen LogP contribution in [0, 0.1) is 10.1 Å². The molecule has 0 aliphatic carbocycles. The van der Waals surface area contributed by atoms with Crippen LogP contribution >= 0.6 is 11.8 Å². The van der Waals surface area contributed by atoms with Gasteiger partial charge in [0.15, 0.2) is 18.1 Å². The number of hydrogen-bond acceptors (Lipinski definition) is 8. The van der Waals surface area contributed by atoms with Gasteiger partial charge in [-0.2, -0.15) is 0 Å². The molecular weight excluding hydrogens is 358 g/mol. The summed E-state index contributed by atoms with van der Waals surface area (Å²) in [6, 6.07) is 13.7. The molecule has 26 heavy (non-hydrogen) atoms. The van der Waals surface area contributed by atoms with Crippen LogP contribution in [-0.4, -0.2) is 22.2 Å². The van der Waals surface area contributed by atoms with E-state index in [0.717, 1.165) is 5.56 Å². The van der Waals surface area contributed by atoms with E-state index >= 15 is 0 Å². The van der Waals surface area contributed by atoms with E-state index in [1.54, 1.807) is 25.3 Å². The van der Waals surface area contributed by atoms with E-state index in [0.29, 0.717) is 28.4 Å². The van der Waals surface area contributed by atoms with E-state index in [9.17, 15) is 10.1 Å². The Morgan fingerprint density at radius 3 is 2.73 bits per heavy atom. The van der Waals surface area contributed by atoms with Crippen molar-refractivity contribution in [3.8, 4) is 11.5 Å². The second-order valence-electron chi connectivity index (χ2n) is 5.12. The third-order valence-electron chi connectivity index (χ3n) is 3.35. The fourth-order valence-electron chi connectivity index (χ4n) is 2.14. The quantitative estimate of drug-likeness (QED) is 0.333. The average Bonchev–Trinajstić information content (AvgIpc) is 3.13. The maximum absolute atomic E-state index is 10.8. The Bertz CT molecular complexity index is 899. The molecule has 0 amide bonds. The number of non-ortho nitro benzene ring substituents is 1. The molecule has 0 spiro atoms. The zero-order valence-electron chi connectivity index (χ0n) is 13.8. The summed E-state index contributed by atoms with van der Waals surface area (Å²) in [5.41, 5.74) is 0.855. The van der Waals surface area contributed by atoms with Crippen LogP contribution in [0.2, 0.25) is 0 Å². The first-order chi connectivity index (χ1) is 12.7. The molecule has 0 aliphatic heterocycles. The van der Waals surface area contributed by atoms with Gasteiger partial charge in [0.2, 0.25) is 0 Å².